The molecule has 0 aliphatic carbocycles. The first-order valence-electron chi connectivity index (χ1n) is 8.01. The van der Waals surface area contributed by atoms with E-state index >= 15 is 0 Å². The monoisotopic (exact) mass is 357 g/mol. The number of thiophene rings is 1. The number of hydrogen-bond donors (Lipinski definition) is 0. The molecule has 1 aliphatic rings. The maximum atomic E-state index is 13.8. The minimum Gasteiger partial charge on any atom is -0.339 e. The highest BCUT2D eigenvalue weighted by Gasteiger charge is 2.34. The van der Waals surface area contributed by atoms with Crippen molar-refractivity contribution in [1.29, 1.82) is 0 Å². The molecule has 1 aliphatic heterocycles. The first-order chi connectivity index (χ1) is 12.1. The molecule has 3 heterocycles. The third-order valence-corrected chi connectivity index (χ3v) is 5.22. The Labute approximate surface area is 148 Å². The van der Waals surface area contributed by atoms with Crippen LogP contribution in [-0.4, -0.2) is 22.6 Å². The molecule has 128 valence electrons. The van der Waals surface area contributed by atoms with E-state index in [1.165, 1.54) is 6.07 Å². The van der Waals surface area contributed by atoms with Gasteiger partial charge in [-0.1, -0.05) is 17.3 Å². The van der Waals surface area contributed by atoms with Crippen LogP contribution in [0.5, 0.6) is 0 Å². The smallest absolute Gasteiger partial charge is 0.231 e. The van der Waals surface area contributed by atoms with Gasteiger partial charge in [-0.15, -0.1) is 11.3 Å². The minimum absolute atomic E-state index is 0.0575. The maximum Gasteiger partial charge on any atom is 0.231 e. The van der Waals surface area contributed by atoms with Gasteiger partial charge in [0.05, 0.1) is 6.42 Å². The first-order valence-corrected chi connectivity index (χ1v) is 8.89. The number of carbonyl (C=O) groups is 1. The number of aryl methyl sites for hydroxylation is 1. The van der Waals surface area contributed by atoms with Gasteiger partial charge in [0.1, 0.15) is 5.82 Å². The zero-order valence-corrected chi connectivity index (χ0v) is 14.4. The topological polar surface area (TPSA) is 59.2 Å². The van der Waals surface area contributed by atoms with Gasteiger partial charge in [-0.25, -0.2) is 4.39 Å². The van der Waals surface area contributed by atoms with Gasteiger partial charge in [-0.3, -0.25) is 4.79 Å². The summed E-state index contributed by atoms with van der Waals surface area (Å²) in [5.74, 6) is 0.571. The molecule has 0 radical (unpaired) electrons. The van der Waals surface area contributed by atoms with Crippen LogP contribution in [0.4, 0.5) is 10.1 Å². The Balaban J connectivity index is 1.50. The number of halogens is 1. The number of benzene rings is 1. The van der Waals surface area contributed by atoms with Crippen LogP contribution in [0.25, 0.3) is 0 Å². The van der Waals surface area contributed by atoms with Crippen molar-refractivity contribution >= 4 is 22.9 Å². The fourth-order valence-corrected chi connectivity index (χ4v) is 3.64. The summed E-state index contributed by atoms with van der Waals surface area (Å²) in [4.78, 5) is 19.5. The number of amides is 1. The summed E-state index contributed by atoms with van der Waals surface area (Å²) in [5, 5.41) is 6.04. The SMILES string of the molecule is Cc1ccc(N2CC(c3noc(Cc4cccs4)n3)CC2=O)cc1F. The normalized spacial score (nSPS) is 17.4. The van der Waals surface area contributed by atoms with Crippen LogP contribution in [0.2, 0.25) is 0 Å². The zero-order valence-electron chi connectivity index (χ0n) is 13.6. The molecule has 0 saturated carbocycles. The van der Waals surface area contributed by atoms with Gasteiger partial charge in [-0.2, -0.15) is 4.98 Å². The second-order valence-corrected chi connectivity index (χ2v) is 7.17. The molecular formula is C18H16FN3O2S. The molecule has 0 spiro atoms. The van der Waals surface area contributed by atoms with E-state index in [9.17, 15) is 9.18 Å². The van der Waals surface area contributed by atoms with E-state index < -0.39 is 0 Å². The van der Waals surface area contributed by atoms with Crippen molar-refractivity contribution in [2.24, 2.45) is 0 Å². The van der Waals surface area contributed by atoms with Gasteiger partial charge in [0.25, 0.3) is 0 Å². The molecule has 7 heteroatoms. The Morgan fingerprint density at radius 2 is 2.28 bits per heavy atom. The molecule has 3 aromatic rings. The highest BCUT2D eigenvalue weighted by molar-refractivity contribution is 7.09. The van der Waals surface area contributed by atoms with Gasteiger partial charge >= 0.3 is 0 Å². The molecule has 1 atom stereocenters. The third kappa shape index (κ3) is 3.19. The average molecular weight is 357 g/mol. The standard InChI is InChI=1S/C18H16FN3O2S/c1-11-4-5-13(8-15(11)19)22-10-12(7-17(22)23)18-20-16(24-21-18)9-14-3-2-6-25-14/h2-6,8,12H,7,9-10H2,1H3. The number of rotatable bonds is 4. The van der Waals surface area contributed by atoms with Crippen molar-refractivity contribution in [3.8, 4) is 0 Å². The van der Waals surface area contributed by atoms with Crippen LogP contribution in [0.1, 0.15) is 34.5 Å². The Morgan fingerprint density at radius 1 is 1.40 bits per heavy atom. The number of nitrogens with zero attached hydrogens (tertiary/aromatic N) is 3. The molecule has 1 saturated heterocycles. The van der Waals surface area contributed by atoms with E-state index in [2.05, 4.69) is 10.1 Å². The quantitative estimate of drug-likeness (QED) is 0.714. The minimum atomic E-state index is -0.313. The fourth-order valence-electron chi connectivity index (χ4n) is 2.95. The molecule has 5 nitrogen and oxygen atoms in total. The largest absolute Gasteiger partial charge is 0.339 e. The van der Waals surface area contributed by atoms with Gasteiger partial charge in [0.15, 0.2) is 5.82 Å². The van der Waals surface area contributed by atoms with Crippen LogP contribution < -0.4 is 4.90 Å². The second kappa shape index (κ2) is 6.40. The summed E-state index contributed by atoms with van der Waals surface area (Å²) >= 11 is 1.63. The van der Waals surface area contributed by atoms with Crippen LogP contribution in [0.15, 0.2) is 40.2 Å². The Kier molecular flexibility index (Phi) is 4.09. The maximum absolute atomic E-state index is 13.8. The summed E-state index contributed by atoms with van der Waals surface area (Å²) in [6, 6.07) is 8.83. The summed E-state index contributed by atoms with van der Waals surface area (Å²) in [7, 11) is 0. The molecule has 4 rings (SSSR count). The lowest BCUT2D eigenvalue weighted by molar-refractivity contribution is -0.117. The number of hydrogen-bond acceptors (Lipinski definition) is 5. The van der Waals surface area contributed by atoms with Crippen molar-refractivity contribution in [2.45, 2.75) is 25.7 Å². The highest BCUT2D eigenvalue weighted by atomic mass is 32.1. The fraction of sp³-hybridized carbons (Fsp3) is 0.278. The van der Waals surface area contributed by atoms with Gasteiger partial charge < -0.3 is 9.42 Å². The number of aromatic nitrogens is 2. The van der Waals surface area contributed by atoms with E-state index in [4.69, 9.17) is 4.52 Å². The lowest BCUT2D eigenvalue weighted by atomic mass is 10.1. The Morgan fingerprint density at radius 3 is 3.04 bits per heavy atom. The predicted octanol–water partition coefficient (Wildman–Crippen LogP) is 3.69. The summed E-state index contributed by atoms with van der Waals surface area (Å²) < 4.78 is 19.1. The number of carbonyl (C=O) groups excluding carboxylic acids is 1. The van der Waals surface area contributed by atoms with Gasteiger partial charge in [0, 0.05) is 29.4 Å². The lowest BCUT2D eigenvalue weighted by Crippen LogP contribution is -2.24. The summed E-state index contributed by atoms with van der Waals surface area (Å²) in [6.45, 7) is 2.13. The molecule has 1 fully saturated rings. The van der Waals surface area contributed by atoms with Crippen LogP contribution in [-0.2, 0) is 11.2 Å². The second-order valence-electron chi connectivity index (χ2n) is 6.14. The van der Waals surface area contributed by atoms with Crippen LogP contribution in [0.3, 0.4) is 0 Å². The first kappa shape index (κ1) is 16.0. The molecule has 1 aromatic carbocycles. The molecule has 0 bridgehead atoms. The van der Waals surface area contributed by atoms with Crippen molar-refractivity contribution in [3.05, 3.63) is 63.7 Å². The molecule has 1 unspecified atom stereocenters. The predicted molar refractivity (Wildman–Crippen MR) is 92.3 cm³/mol. The lowest BCUT2D eigenvalue weighted by Gasteiger charge is -2.16. The van der Waals surface area contributed by atoms with Gasteiger partial charge in [-0.05, 0) is 36.1 Å². The van der Waals surface area contributed by atoms with E-state index in [-0.39, 0.29) is 17.6 Å². The van der Waals surface area contributed by atoms with E-state index in [0.717, 1.165) is 4.88 Å². The zero-order chi connectivity index (χ0) is 17.4. The molecule has 25 heavy (non-hydrogen) atoms. The molecule has 0 N–H and O–H groups in total. The van der Waals surface area contributed by atoms with Crippen molar-refractivity contribution in [1.82, 2.24) is 10.1 Å². The van der Waals surface area contributed by atoms with Crippen molar-refractivity contribution < 1.29 is 13.7 Å². The molecule has 2 aromatic heterocycles. The third-order valence-electron chi connectivity index (χ3n) is 4.35. The Bertz CT molecular complexity index is 907. The average Bonchev–Trinajstić information content (AvgIpc) is 3.32. The van der Waals surface area contributed by atoms with E-state index in [1.54, 1.807) is 35.3 Å². The van der Waals surface area contributed by atoms with E-state index in [1.807, 2.05) is 17.5 Å². The van der Waals surface area contributed by atoms with Crippen molar-refractivity contribution in [3.63, 3.8) is 0 Å². The van der Waals surface area contributed by atoms with Gasteiger partial charge in [0.2, 0.25) is 11.8 Å². The number of anilines is 1. The Hall–Kier alpha value is -2.54. The molecular weight excluding hydrogens is 341 g/mol. The molecule has 1 amide bonds. The highest BCUT2D eigenvalue weighted by Crippen LogP contribution is 2.31. The van der Waals surface area contributed by atoms with E-state index in [0.29, 0.717) is 42.4 Å². The summed E-state index contributed by atoms with van der Waals surface area (Å²) in [6.07, 6.45) is 0.895. The van der Waals surface area contributed by atoms with Crippen molar-refractivity contribution in [2.75, 3.05) is 11.4 Å². The van der Waals surface area contributed by atoms with Crippen LogP contribution >= 0.6 is 11.3 Å². The van der Waals surface area contributed by atoms with Crippen LogP contribution in [0, 0.1) is 12.7 Å². The summed E-state index contributed by atoms with van der Waals surface area (Å²) in [5.41, 5.74) is 1.13.